The standard InChI is InChI=1S/C12H10ClFN2S/c1-6-7(2)12(17)16-15-11(6)8-3-4-10(14)9(13)5-8/h3-5H,1-2H3,(H,16,17). The summed E-state index contributed by atoms with van der Waals surface area (Å²) in [6.07, 6.45) is 0. The minimum Gasteiger partial charge on any atom is -0.267 e. The van der Waals surface area contributed by atoms with Crippen LogP contribution in [0.15, 0.2) is 18.2 Å². The van der Waals surface area contributed by atoms with Gasteiger partial charge >= 0.3 is 0 Å². The zero-order valence-corrected chi connectivity index (χ0v) is 10.9. The molecule has 0 aliphatic carbocycles. The summed E-state index contributed by atoms with van der Waals surface area (Å²) in [6.45, 7) is 3.85. The van der Waals surface area contributed by atoms with Gasteiger partial charge in [0.15, 0.2) is 0 Å². The van der Waals surface area contributed by atoms with Crippen LogP contribution < -0.4 is 0 Å². The van der Waals surface area contributed by atoms with E-state index < -0.39 is 5.82 Å². The highest BCUT2D eigenvalue weighted by Crippen LogP contribution is 2.26. The highest BCUT2D eigenvalue weighted by molar-refractivity contribution is 7.71. The molecule has 0 amide bonds. The number of hydrogen-bond acceptors (Lipinski definition) is 2. The van der Waals surface area contributed by atoms with Crippen molar-refractivity contribution in [2.75, 3.05) is 0 Å². The first-order valence-electron chi connectivity index (χ1n) is 5.02. The quantitative estimate of drug-likeness (QED) is 0.785. The van der Waals surface area contributed by atoms with Crippen LogP contribution in [0.2, 0.25) is 5.02 Å². The summed E-state index contributed by atoms with van der Waals surface area (Å²) in [7, 11) is 0. The van der Waals surface area contributed by atoms with Crippen molar-refractivity contribution in [1.82, 2.24) is 10.2 Å². The van der Waals surface area contributed by atoms with Gasteiger partial charge in [-0.3, -0.25) is 5.10 Å². The fourth-order valence-corrected chi connectivity index (χ4v) is 1.93. The SMILES string of the molecule is Cc1c(-c2ccc(F)c(Cl)c2)n[nH]c(=S)c1C. The lowest BCUT2D eigenvalue weighted by molar-refractivity contribution is 0.628. The monoisotopic (exact) mass is 268 g/mol. The van der Waals surface area contributed by atoms with Crippen molar-refractivity contribution < 1.29 is 4.39 Å². The molecule has 1 N–H and O–H groups in total. The first-order valence-corrected chi connectivity index (χ1v) is 5.80. The normalized spacial score (nSPS) is 10.6. The Kier molecular flexibility index (Phi) is 3.26. The molecule has 1 aromatic heterocycles. The van der Waals surface area contributed by atoms with Crippen molar-refractivity contribution in [3.8, 4) is 11.3 Å². The van der Waals surface area contributed by atoms with Crippen LogP contribution >= 0.6 is 23.8 Å². The summed E-state index contributed by atoms with van der Waals surface area (Å²) in [4.78, 5) is 0. The fourth-order valence-electron chi connectivity index (χ4n) is 1.55. The highest BCUT2D eigenvalue weighted by Gasteiger charge is 2.09. The molecule has 0 unspecified atom stereocenters. The number of nitrogens with zero attached hydrogens (tertiary/aromatic N) is 1. The number of H-pyrrole nitrogens is 1. The number of hydrogen-bond donors (Lipinski definition) is 1. The van der Waals surface area contributed by atoms with Crippen LogP contribution in [0.5, 0.6) is 0 Å². The van der Waals surface area contributed by atoms with Crippen LogP contribution in [0.4, 0.5) is 4.39 Å². The second-order valence-electron chi connectivity index (χ2n) is 3.78. The third kappa shape index (κ3) is 2.23. The molecular formula is C12H10ClFN2S. The lowest BCUT2D eigenvalue weighted by Crippen LogP contribution is -1.96. The zero-order chi connectivity index (χ0) is 12.6. The van der Waals surface area contributed by atoms with Crippen molar-refractivity contribution in [3.63, 3.8) is 0 Å². The Hall–Kier alpha value is -1.26. The summed E-state index contributed by atoms with van der Waals surface area (Å²) in [5.74, 6) is -0.436. The maximum Gasteiger partial charge on any atom is 0.141 e. The van der Waals surface area contributed by atoms with E-state index in [-0.39, 0.29) is 5.02 Å². The second-order valence-corrected chi connectivity index (χ2v) is 4.60. The molecule has 1 heterocycles. The molecule has 0 saturated carbocycles. The number of benzene rings is 1. The summed E-state index contributed by atoms with van der Waals surface area (Å²) < 4.78 is 13.7. The van der Waals surface area contributed by atoms with E-state index in [1.165, 1.54) is 6.07 Å². The Morgan fingerprint density at radius 3 is 2.65 bits per heavy atom. The molecular weight excluding hydrogens is 259 g/mol. The zero-order valence-electron chi connectivity index (χ0n) is 9.34. The van der Waals surface area contributed by atoms with E-state index in [9.17, 15) is 4.39 Å². The molecule has 0 aliphatic rings. The van der Waals surface area contributed by atoms with Gasteiger partial charge in [0.1, 0.15) is 10.5 Å². The van der Waals surface area contributed by atoms with Crippen molar-refractivity contribution in [2.45, 2.75) is 13.8 Å². The highest BCUT2D eigenvalue weighted by atomic mass is 35.5. The molecule has 0 saturated heterocycles. The first kappa shape index (κ1) is 12.2. The molecule has 17 heavy (non-hydrogen) atoms. The van der Waals surface area contributed by atoms with Gasteiger partial charge in [0.25, 0.3) is 0 Å². The molecule has 2 aromatic rings. The Morgan fingerprint density at radius 1 is 1.29 bits per heavy atom. The third-order valence-electron chi connectivity index (χ3n) is 2.72. The Balaban J connectivity index is 2.65. The van der Waals surface area contributed by atoms with Crippen LogP contribution in [0.1, 0.15) is 11.1 Å². The van der Waals surface area contributed by atoms with Crippen molar-refractivity contribution in [1.29, 1.82) is 0 Å². The summed E-state index contributed by atoms with van der Waals surface area (Å²) >= 11 is 10.8. The molecule has 2 nitrogen and oxygen atoms in total. The van der Waals surface area contributed by atoms with Gasteiger partial charge in [-0.15, -0.1) is 0 Å². The number of halogens is 2. The third-order valence-corrected chi connectivity index (χ3v) is 3.41. The fraction of sp³-hybridized carbons (Fsp3) is 0.167. The molecule has 5 heteroatoms. The van der Waals surface area contributed by atoms with Gasteiger partial charge in [0.2, 0.25) is 0 Å². The molecule has 0 radical (unpaired) electrons. The van der Waals surface area contributed by atoms with E-state index in [1.807, 2.05) is 13.8 Å². The van der Waals surface area contributed by atoms with E-state index >= 15 is 0 Å². The van der Waals surface area contributed by atoms with Crippen molar-refractivity contribution in [3.05, 3.63) is 44.8 Å². The first-order chi connectivity index (χ1) is 8.00. The predicted octanol–water partition coefficient (Wildman–Crippen LogP) is 4.22. The molecule has 2 rings (SSSR count). The smallest absolute Gasteiger partial charge is 0.141 e. The predicted molar refractivity (Wildman–Crippen MR) is 69.3 cm³/mol. The van der Waals surface area contributed by atoms with Gasteiger partial charge in [-0.25, -0.2) is 4.39 Å². The Labute approximate surface area is 108 Å². The molecule has 0 aliphatic heterocycles. The molecule has 0 fully saturated rings. The largest absolute Gasteiger partial charge is 0.267 e. The van der Waals surface area contributed by atoms with E-state index in [2.05, 4.69) is 10.2 Å². The van der Waals surface area contributed by atoms with Gasteiger partial charge in [-0.1, -0.05) is 23.8 Å². The minimum atomic E-state index is -0.436. The number of rotatable bonds is 1. The van der Waals surface area contributed by atoms with Crippen LogP contribution in [0, 0.1) is 24.3 Å². The topological polar surface area (TPSA) is 28.7 Å². The van der Waals surface area contributed by atoms with Gasteiger partial charge in [-0.2, -0.15) is 5.10 Å². The Bertz CT molecular complexity index is 637. The van der Waals surface area contributed by atoms with E-state index in [4.69, 9.17) is 23.8 Å². The summed E-state index contributed by atoms with van der Waals surface area (Å²) in [5, 5.41) is 7.03. The molecule has 1 aromatic carbocycles. The van der Waals surface area contributed by atoms with Gasteiger partial charge in [-0.05, 0) is 43.2 Å². The lowest BCUT2D eigenvalue weighted by atomic mass is 10.0. The average Bonchev–Trinajstić information content (AvgIpc) is 2.30. The number of aromatic nitrogens is 2. The number of aromatic amines is 1. The summed E-state index contributed by atoms with van der Waals surface area (Å²) in [5.41, 5.74) is 3.43. The lowest BCUT2D eigenvalue weighted by Gasteiger charge is -2.08. The molecule has 0 atom stereocenters. The van der Waals surface area contributed by atoms with Crippen molar-refractivity contribution >= 4 is 23.8 Å². The second kappa shape index (κ2) is 4.55. The molecule has 0 bridgehead atoms. The van der Waals surface area contributed by atoms with E-state index in [0.29, 0.717) is 4.64 Å². The molecule has 0 spiro atoms. The van der Waals surface area contributed by atoms with Crippen LogP contribution in [0.3, 0.4) is 0 Å². The van der Waals surface area contributed by atoms with E-state index in [0.717, 1.165) is 22.4 Å². The maximum absolute atomic E-state index is 13.1. The van der Waals surface area contributed by atoms with Gasteiger partial charge < -0.3 is 0 Å². The maximum atomic E-state index is 13.1. The van der Waals surface area contributed by atoms with Crippen molar-refractivity contribution in [2.24, 2.45) is 0 Å². The number of nitrogens with one attached hydrogen (secondary N) is 1. The molecule has 88 valence electrons. The Morgan fingerprint density at radius 2 is 2.00 bits per heavy atom. The van der Waals surface area contributed by atoms with Gasteiger partial charge in [0.05, 0.1) is 10.7 Å². The van der Waals surface area contributed by atoms with Crippen LogP contribution in [0.25, 0.3) is 11.3 Å². The minimum absolute atomic E-state index is 0.0869. The van der Waals surface area contributed by atoms with Gasteiger partial charge in [0, 0.05) is 5.56 Å². The average molecular weight is 269 g/mol. The van der Waals surface area contributed by atoms with Crippen LogP contribution in [-0.4, -0.2) is 10.2 Å². The summed E-state index contributed by atoms with van der Waals surface area (Å²) in [6, 6.07) is 4.53. The van der Waals surface area contributed by atoms with Crippen LogP contribution in [-0.2, 0) is 0 Å². The van der Waals surface area contributed by atoms with E-state index in [1.54, 1.807) is 12.1 Å².